The molecule has 0 saturated carbocycles. The van der Waals surface area contributed by atoms with Gasteiger partial charge in [-0.3, -0.25) is 0 Å². The van der Waals surface area contributed by atoms with Crippen LogP contribution in [-0.2, 0) is 18.0 Å². The Bertz CT molecular complexity index is 626. The lowest BCUT2D eigenvalue weighted by Gasteiger charge is -2.13. The number of halogens is 2. The highest BCUT2D eigenvalue weighted by molar-refractivity contribution is 5.38. The fraction of sp³-hybridized carbons (Fsp3) is 0.200. The van der Waals surface area contributed by atoms with E-state index in [1.807, 2.05) is 6.07 Å². The van der Waals surface area contributed by atoms with Gasteiger partial charge in [0.1, 0.15) is 17.7 Å². The second kappa shape index (κ2) is 4.72. The van der Waals surface area contributed by atoms with Crippen LogP contribution in [0.15, 0.2) is 36.4 Å². The van der Waals surface area contributed by atoms with Crippen LogP contribution in [0.1, 0.15) is 28.4 Å². The standard InChI is InChI=1S/C15H12F2O2/c16-12-3-4-13(14(17)6-12)15(18)9-1-2-10-7-19-8-11(10)5-9/h1-6,15,18H,7-8H2. The van der Waals surface area contributed by atoms with Gasteiger partial charge in [-0.15, -0.1) is 0 Å². The van der Waals surface area contributed by atoms with Gasteiger partial charge in [0.15, 0.2) is 0 Å². The third-order valence-corrected chi connectivity index (χ3v) is 3.32. The minimum absolute atomic E-state index is 0.0697. The van der Waals surface area contributed by atoms with Gasteiger partial charge in [-0.05, 0) is 22.8 Å². The van der Waals surface area contributed by atoms with Gasteiger partial charge < -0.3 is 9.84 Å². The normalized spacial score (nSPS) is 15.3. The molecular formula is C15H12F2O2. The molecule has 0 fully saturated rings. The first-order valence-corrected chi connectivity index (χ1v) is 5.97. The average Bonchev–Trinajstić information content (AvgIpc) is 2.85. The largest absolute Gasteiger partial charge is 0.384 e. The second-order valence-electron chi connectivity index (χ2n) is 4.59. The zero-order chi connectivity index (χ0) is 13.4. The number of aliphatic hydroxyl groups is 1. The zero-order valence-electron chi connectivity index (χ0n) is 10.1. The van der Waals surface area contributed by atoms with Crippen LogP contribution in [0.2, 0.25) is 0 Å². The van der Waals surface area contributed by atoms with Crippen LogP contribution in [0.4, 0.5) is 8.78 Å². The first kappa shape index (κ1) is 12.3. The Balaban J connectivity index is 1.97. The second-order valence-corrected chi connectivity index (χ2v) is 4.59. The van der Waals surface area contributed by atoms with Gasteiger partial charge in [-0.2, -0.15) is 0 Å². The molecule has 2 aromatic rings. The summed E-state index contributed by atoms with van der Waals surface area (Å²) < 4.78 is 31.8. The van der Waals surface area contributed by atoms with Gasteiger partial charge in [0.25, 0.3) is 0 Å². The van der Waals surface area contributed by atoms with Crippen molar-refractivity contribution in [1.29, 1.82) is 0 Å². The Hall–Kier alpha value is -1.78. The molecule has 3 rings (SSSR count). The van der Waals surface area contributed by atoms with Crippen molar-refractivity contribution < 1.29 is 18.6 Å². The predicted octanol–water partition coefficient (Wildman–Crippen LogP) is 3.08. The van der Waals surface area contributed by atoms with Crippen molar-refractivity contribution in [3.63, 3.8) is 0 Å². The van der Waals surface area contributed by atoms with E-state index in [9.17, 15) is 13.9 Å². The Morgan fingerprint density at radius 2 is 1.79 bits per heavy atom. The van der Waals surface area contributed by atoms with Crippen molar-refractivity contribution in [3.8, 4) is 0 Å². The first-order chi connectivity index (χ1) is 9.15. The molecule has 0 saturated heterocycles. The molecule has 2 nitrogen and oxygen atoms in total. The topological polar surface area (TPSA) is 29.5 Å². The molecule has 98 valence electrons. The molecule has 4 heteroatoms. The van der Waals surface area contributed by atoms with E-state index in [-0.39, 0.29) is 5.56 Å². The molecule has 1 aliphatic heterocycles. The van der Waals surface area contributed by atoms with E-state index >= 15 is 0 Å². The maximum atomic E-state index is 13.6. The molecule has 0 radical (unpaired) electrons. The summed E-state index contributed by atoms with van der Waals surface area (Å²) in [6, 6.07) is 8.57. The molecule has 19 heavy (non-hydrogen) atoms. The smallest absolute Gasteiger partial charge is 0.132 e. The molecule has 1 N–H and O–H groups in total. The van der Waals surface area contributed by atoms with E-state index < -0.39 is 17.7 Å². The van der Waals surface area contributed by atoms with Gasteiger partial charge in [-0.1, -0.05) is 24.3 Å². The van der Waals surface area contributed by atoms with Crippen LogP contribution < -0.4 is 0 Å². The third-order valence-electron chi connectivity index (χ3n) is 3.32. The fourth-order valence-corrected chi connectivity index (χ4v) is 2.26. The molecular weight excluding hydrogens is 250 g/mol. The number of rotatable bonds is 2. The van der Waals surface area contributed by atoms with Crippen LogP contribution in [0.5, 0.6) is 0 Å². The van der Waals surface area contributed by atoms with E-state index in [0.717, 1.165) is 23.3 Å². The van der Waals surface area contributed by atoms with Gasteiger partial charge in [-0.25, -0.2) is 8.78 Å². The SMILES string of the molecule is OC(c1ccc2c(c1)COC2)c1ccc(F)cc1F. The zero-order valence-corrected chi connectivity index (χ0v) is 10.1. The molecule has 0 aliphatic carbocycles. The summed E-state index contributed by atoms with van der Waals surface area (Å²) in [5, 5.41) is 10.2. The van der Waals surface area contributed by atoms with Crippen molar-refractivity contribution in [1.82, 2.24) is 0 Å². The predicted molar refractivity (Wildman–Crippen MR) is 65.4 cm³/mol. The molecule has 1 atom stereocenters. The minimum atomic E-state index is -1.11. The molecule has 1 heterocycles. The molecule has 0 spiro atoms. The van der Waals surface area contributed by atoms with Gasteiger partial charge in [0, 0.05) is 11.6 Å². The lowest BCUT2D eigenvalue weighted by Crippen LogP contribution is -2.03. The number of hydrogen-bond acceptors (Lipinski definition) is 2. The third kappa shape index (κ3) is 2.25. The molecule has 1 aliphatic rings. The summed E-state index contributed by atoms with van der Waals surface area (Å²) >= 11 is 0. The summed E-state index contributed by atoms with van der Waals surface area (Å²) in [6.07, 6.45) is -1.11. The van der Waals surface area contributed by atoms with Crippen molar-refractivity contribution in [2.75, 3.05) is 0 Å². The van der Waals surface area contributed by atoms with Crippen LogP contribution in [0, 0.1) is 11.6 Å². The Morgan fingerprint density at radius 3 is 2.58 bits per heavy atom. The maximum absolute atomic E-state index is 13.6. The Morgan fingerprint density at radius 1 is 1.00 bits per heavy atom. The van der Waals surface area contributed by atoms with Crippen LogP contribution in [0.3, 0.4) is 0 Å². The number of hydrogen-bond donors (Lipinski definition) is 1. The van der Waals surface area contributed by atoms with E-state index in [2.05, 4.69) is 0 Å². The van der Waals surface area contributed by atoms with Gasteiger partial charge in [0.2, 0.25) is 0 Å². The lowest BCUT2D eigenvalue weighted by molar-refractivity contribution is 0.134. The number of ether oxygens (including phenoxy) is 1. The summed E-state index contributed by atoms with van der Waals surface area (Å²) in [4.78, 5) is 0. The Kier molecular flexibility index (Phi) is 3.05. The number of aliphatic hydroxyl groups excluding tert-OH is 1. The highest BCUT2D eigenvalue weighted by Gasteiger charge is 2.18. The summed E-state index contributed by atoms with van der Waals surface area (Å²) in [6.45, 7) is 1.07. The molecule has 0 amide bonds. The van der Waals surface area contributed by atoms with Crippen LogP contribution in [-0.4, -0.2) is 5.11 Å². The lowest BCUT2D eigenvalue weighted by atomic mass is 9.97. The van der Waals surface area contributed by atoms with E-state index in [1.165, 1.54) is 6.07 Å². The highest BCUT2D eigenvalue weighted by atomic mass is 19.1. The maximum Gasteiger partial charge on any atom is 0.132 e. The van der Waals surface area contributed by atoms with Crippen molar-refractivity contribution in [3.05, 3.63) is 70.3 Å². The monoisotopic (exact) mass is 262 g/mol. The van der Waals surface area contributed by atoms with Gasteiger partial charge in [0.05, 0.1) is 13.2 Å². The van der Waals surface area contributed by atoms with Crippen molar-refractivity contribution in [2.45, 2.75) is 19.3 Å². The number of benzene rings is 2. The van der Waals surface area contributed by atoms with Crippen LogP contribution in [0.25, 0.3) is 0 Å². The minimum Gasteiger partial charge on any atom is -0.384 e. The highest BCUT2D eigenvalue weighted by Crippen LogP contribution is 2.28. The average molecular weight is 262 g/mol. The van der Waals surface area contributed by atoms with Crippen LogP contribution >= 0.6 is 0 Å². The molecule has 0 aromatic heterocycles. The Labute approximate surface area is 109 Å². The molecule has 2 aromatic carbocycles. The van der Waals surface area contributed by atoms with Crippen molar-refractivity contribution in [2.24, 2.45) is 0 Å². The first-order valence-electron chi connectivity index (χ1n) is 5.97. The van der Waals surface area contributed by atoms with Crippen molar-refractivity contribution >= 4 is 0 Å². The summed E-state index contributed by atoms with van der Waals surface area (Å²) in [5.74, 6) is -1.40. The summed E-state index contributed by atoms with van der Waals surface area (Å²) in [7, 11) is 0. The van der Waals surface area contributed by atoms with Gasteiger partial charge >= 0.3 is 0 Å². The van der Waals surface area contributed by atoms with E-state index in [1.54, 1.807) is 12.1 Å². The fourth-order valence-electron chi connectivity index (χ4n) is 2.26. The number of fused-ring (bicyclic) bond motifs is 1. The van der Waals surface area contributed by atoms with E-state index in [4.69, 9.17) is 4.74 Å². The molecule has 1 unspecified atom stereocenters. The molecule has 0 bridgehead atoms. The quantitative estimate of drug-likeness (QED) is 0.901. The summed E-state index contributed by atoms with van der Waals surface area (Å²) in [5.41, 5.74) is 2.73. The van der Waals surface area contributed by atoms with E-state index in [0.29, 0.717) is 18.8 Å².